The van der Waals surface area contributed by atoms with Gasteiger partial charge in [-0.1, -0.05) is 24.6 Å². The summed E-state index contributed by atoms with van der Waals surface area (Å²) in [6.07, 6.45) is 0.584. The van der Waals surface area contributed by atoms with Crippen molar-refractivity contribution in [3.05, 3.63) is 50.9 Å². The van der Waals surface area contributed by atoms with Gasteiger partial charge in [0.15, 0.2) is 0 Å². The summed E-state index contributed by atoms with van der Waals surface area (Å²) in [7, 11) is 1.65. The highest BCUT2D eigenvalue weighted by atomic mass is 35.5. The Morgan fingerprint density at radius 3 is 2.80 bits per heavy atom. The number of likely N-dealkylation sites (N-methyl/N-ethyl adjacent to an activating group) is 1. The van der Waals surface area contributed by atoms with Crippen molar-refractivity contribution in [2.24, 2.45) is 0 Å². The third-order valence-corrected chi connectivity index (χ3v) is 4.32. The molecule has 1 aromatic carbocycles. The van der Waals surface area contributed by atoms with Crippen molar-refractivity contribution in [3.8, 4) is 5.75 Å². The number of halogens is 2. The summed E-state index contributed by atoms with van der Waals surface area (Å²) in [5.41, 5.74) is 0.660. The van der Waals surface area contributed by atoms with E-state index in [0.717, 1.165) is 17.2 Å². The maximum absolute atomic E-state index is 13.9. The van der Waals surface area contributed by atoms with E-state index in [2.05, 4.69) is 5.32 Å². The monoisotopic (exact) mass is 313 g/mol. The molecule has 2 nitrogen and oxygen atoms in total. The second-order valence-electron chi connectivity index (χ2n) is 4.44. The maximum atomic E-state index is 13.9. The summed E-state index contributed by atoms with van der Waals surface area (Å²) >= 11 is 7.40. The Kier molecular flexibility index (Phi) is 5.40. The molecule has 0 saturated carbocycles. The second-order valence-corrected chi connectivity index (χ2v) is 5.82. The van der Waals surface area contributed by atoms with Crippen molar-refractivity contribution in [3.63, 3.8) is 0 Å². The Balaban J connectivity index is 2.20. The predicted octanol–water partition coefficient (Wildman–Crippen LogP) is 4.44. The Morgan fingerprint density at radius 2 is 2.20 bits per heavy atom. The molecule has 20 heavy (non-hydrogen) atoms. The third-order valence-electron chi connectivity index (χ3n) is 3.06. The molecule has 1 N–H and O–H groups in total. The minimum Gasteiger partial charge on any atom is -0.496 e. The summed E-state index contributed by atoms with van der Waals surface area (Å²) < 4.78 is 19.1. The number of thiophene rings is 1. The molecule has 1 atom stereocenters. The van der Waals surface area contributed by atoms with Gasteiger partial charge in [0, 0.05) is 21.3 Å². The SMILES string of the molecule is CCNC(Cc1ccc(Cl)cc1F)c1cc(OC)cs1. The van der Waals surface area contributed by atoms with Crippen molar-refractivity contribution in [2.45, 2.75) is 19.4 Å². The Morgan fingerprint density at radius 1 is 1.40 bits per heavy atom. The van der Waals surface area contributed by atoms with Gasteiger partial charge in [-0.2, -0.15) is 0 Å². The molecule has 0 bridgehead atoms. The molecule has 108 valence electrons. The van der Waals surface area contributed by atoms with Gasteiger partial charge in [0.1, 0.15) is 11.6 Å². The third kappa shape index (κ3) is 3.72. The smallest absolute Gasteiger partial charge is 0.129 e. The van der Waals surface area contributed by atoms with Gasteiger partial charge in [-0.25, -0.2) is 4.39 Å². The van der Waals surface area contributed by atoms with Crippen molar-refractivity contribution in [1.82, 2.24) is 5.32 Å². The summed E-state index contributed by atoms with van der Waals surface area (Å²) in [5, 5.41) is 5.76. The molecule has 1 unspecified atom stereocenters. The van der Waals surface area contributed by atoms with Crippen molar-refractivity contribution < 1.29 is 9.13 Å². The topological polar surface area (TPSA) is 21.3 Å². The van der Waals surface area contributed by atoms with Gasteiger partial charge in [0.25, 0.3) is 0 Å². The lowest BCUT2D eigenvalue weighted by Crippen LogP contribution is -2.22. The van der Waals surface area contributed by atoms with Gasteiger partial charge in [-0.05, 0) is 36.7 Å². The first kappa shape index (κ1) is 15.3. The molecule has 0 aliphatic rings. The van der Waals surface area contributed by atoms with Gasteiger partial charge >= 0.3 is 0 Å². The van der Waals surface area contributed by atoms with Crippen LogP contribution in [0.3, 0.4) is 0 Å². The lowest BCUT2D eigenvalue weighted by molar-refractivity contribution is 0.415. The molecule has 5 heteroatoms. The first-order chi connectivity index (χ1) is 9.63. The van der Waals surface area contributed by atoms with Gasteiger partial charge < -0.3 is 10.1 Å². The van der Waals surface area contributed by atoms with Crippen LogP contribution in [0.25, 0.3) is 0 Å². The Bertz CT molecular complexity index is 573. The average Bonchev–Trinajstić information content (AvgIpc) is 2.90. The van der Waals surface area contributed by atoms with Gasteiger partial charge in [0.05, 0.1) is 7.11 Å². The van der Waals surface area contributed by atoms with Crippen molar-refractivity contribution in [2.75, 3.05) is 13.7 Å². The number of ether oxygens (including phenoxy) is 1. The molecule has 0 fully saturated rings. The van der Waals surface area contributed by atoms with Crippen molar-refractivity contribution in [1.29, 1.82) is 0 Å². The summed E-state index contributed by atoms with van der Waals surface area (Å²) in [6, 6.07) is 6.88. The summed E-state index contributed by atoms with van der Waals surface area (Å²) in [5.74, 6) is 0.577. The fourth-order valence-electron chi connectivity index (χ4n) is 2.05. The van der Waals surface area contributed by atoms with E-state index < -0.39 is 0 Å². The number of methoxy groups -OCH3 is 1. The molecule has 2 rings (SSSR count). The standard InChI is InChI=1S/C15H17ClFNOS/c1-3-18-14(15-8-12(19-2)9-20-15)6-10-4-5-11(16)7-13(10)17/h4-5,7-9,14,18H,3,6H2,1-2H3. The van der Waals surface area contributed by atoms with Crippen LogP contribution < -0.4 is 10.1 Å². The number of nitrogens with one attached hydrogen (secondary N) is 1. The lowest BCUT2D eigenvalue weighted by atomic mass is 10.0. The highest BCUT2D eigenvalue weighted by Crippen LogP contribution is 2.30. The van der Waals surface area contributed by atoms with Crippen LogP contribution >= 0.6 is 22.9 Å². The van der Waals surface area contributed by atoms with E-state index in [-0.39, 0.29) is 11.9 Å². The van der Waals surface area contributed by atoms with E-state index >= 15 is 0 Å². The van der Waals surface area contributed by atoms with Crippen LogP contribution in [-0.2, 0) is 6.42 Å². The Labute approximate surface area is 127 Å². The highest BCUT2D eigenvalue weighted by molar-refractivity contribution is 7.10. The summed E-state index contributed by atoms with van der Waals surface area (Å²) in [4.78, 5) is 1.14. The van der Waals surface area contributed by atoms with Gasteiger partial charge in [0.2, 0.25) is 0 Å². The van der Waals surface area contributed by atoms with Gasteiger partial charge in [-0.15, -0.1) is 11.3 Å². The zero-order valence-corrected chi connectivity index (χ0v) is 13.0. The molecular weight excluding hydrogens is 297 g/mol. The maximum Gasteiger partial charge on any atom is 0.129 e. The fraction of sp³-hybridized carbons (Fsp3) is 0.333. The first-order valence-electron chi connectivity index (χ1n) is 6.43. The van der Waals surface area contributed by atoms with E-state index in [1.54, 1.807) is 30.6 Å². The summed E-state index contributed by atoms with van der Waals surface area (Å²) in [6.45, 7) is 2.86. The molecule has 0 aliphatic heterocycles. The molecule has 0 spiro atoms. The zero-order valence-electron chi connectivity index (χ0n) is 11.5. The number of benzene rings is 1. The zero-order chi connectivity index (χ0) is 14.5. The number of hydrogen-bond acceptors (Lipinski definition) is 3. The van der Waals surface area contributed by atoms with E-state index in [4.69, 9.17) is 16.3 Å². The van der Waals surface area contributed by atoms with E-state index in [1.165, 1.54) is 6.07 Å². The molecule has 0 radical (unpaired) electrons. The molecule has 0 aliphatic carbocycles. The van der Waals surface area contributed by atoms with Crippen LogP contribution in [0.5, 0.6) is 5.75 Å². The minimum atomic E-state index is -0.260. The van der Waals surface area contributed by atoms with Crippen LogP contribution in [0.2, 0.25) is 5.02 Å². The molecule has 2 aromatic rings. The van der Waals surface area contributed by atoms with Gasteiger partial charge in [-0.3, -0.25) is 0 Å². The average molecular weight is 314 g/mol. The predicted molar refractivity (Wildman–Crippen MR) is 82.4 cm³/mol. The lowest BCUT2D eigenvalue weighted by Gasteiger charge is -2.17. The van der Waals surface area contributed by atoms with E-state index in [0.29, 0.717) is 17.0 Å². The molecule has 0 amide bonds. The van der Waals surface area contributed by atoms with Crippen molar-refractivity contribution >= 4 is 22.9 Å². The number of hydrogen-bond donors (Lipinski definition) is 1. The second kappa shape index (κ2) is 7.07. The van der Waals surface area contributed by atoms with E-state index in [9.17, 15) is 4.39 Å². The first-order valence-corrected chi connectivity index (χ1v) is 7.69. The Hall–Kier alpha value is -1.10. The molecule has 0 saturated heterocycles. The highest BCUT2D eigenvalue weighted by Gasteiger charge is 2.16. The van der Waals surface area contributed by atoms with Crippen LogP contribution in [-0.4, -0.2) is 13.7 Å². The van der Waals surface area contributed by atoms with Crippen LogP contribution in [0.1, 0.15) is 23.4 Å². The van der Waals surface area contributed by atoms with Crippen LogP contribution in [0.4, 0.5) is 4.39 Å². The van der Waals surface area contributed by atoms with Crippen LogP contribution in [0.15, 0.2) is 29.6 Å². The molecule has 1 aromatic heterocycles. The normalized spacial score (nSPS) is 12.4. The molecule has 1 heterocycles. The molecular formula is C15H17ClFNOS. The fourth-order valence-corrected chi connectivity index (χ4v) is 3.14. The van der Waals surface area contributed by atoms with E-state index in [1.807, 2.05) is 18.4 Å². The number of rotatable bonds is 6. The van der Waals surface area contributed by atoms with Crippen LogP contribution in [0, 0.1) is 5.82 Å². The minimum absolute atomic E-state index is 0.0737. The largest absolute Gasteiger partial charge is 0.496 e. The quantitative estimate of drug-likeness (QED) is 0.851.